The number of rotatable bonds is 4. The number of fused-ring (bicyclic) bond motifs is 1. The van der Waals surface area contributed by atoms with E-state index in [1.165, 1.54) is 5.69 Å². The summed E-state index contributed by atoms with van der Waals surface area (Å²) in [6.45, 7) is 8.05. The van der Waals surface area contributed by atoms with Crippen molar-refractivity contribution in [1.29, 1.82) is 0 Å². The van der Waals surface area contributed by atoms with E-state index in [1.807, 2.05) is 23.0 Å². The summed E-state index contributed by atoms with van der Waals surface area (Å²) < 4.78 is 2.05. The standard InChI is InChI=1S/C22H27N7O/c1-14(2)19-13-28(9-7-23-19)22-24-12-18(26-27-22)16-6-5-15(10-21(16)30)17-11-25-29-8-3-4-20(17)29/h5-6,10-12,14,19,23,30H,3-4,7-9,13H2,1-2H3/t19-/m1/s1. The van der Waals surface area contributed by atoms with Gasteiger partial charge in [0, 0.05) is 49.0 Å². The molecule has 2 aliphatic rings. The molecular formula is C22H27N7O. The van der Waals surface area contributed by atoms with Crippen LogP contribution in [0.1, 0.15) is 26.0 Å². The number of hydrogen-bond donors (Lipinski definition) is 2. The number of nitrogens with one attached hydrogen (secondary N) is 1. The van der Waals surface area contributed by atoms with Crippen molar-refractivity contribution in [2.24, 2.45) is 5.92 Å². The molecule has 4 heterocycles. The van der Waals surface area contributed by atoms with E-state index < -0.39 is 0 Å². The van der Waals surface area contributed by atoms with E-state index >= 15 is 0 Å². The number of nitrogens with zero attached hydrogens (tertiary/aromatic N) is 6. The summed E-state index contributed by atoms with van der Waals surface area (Å²) in [5.41, 5.74) is 4.50. The van der Waals surface area contributed by atoms with E-state index in [2.05, 4.69) is 44.3 Å². The monoisotopic (exact) mass is 405 g/mol. The van der Waals surface area contributed by atoms with Crippen LogP contribution in [0.15, 0.2) is 30.6 Å². The van der Waals surface area contributed by atoms with Gasteiger partial charge in [0.1, 0.15) is 11.4 Å². The summed E-state index contributed by atoms with van der Waals surface area (Å²) in [6, 6.07) is 6.09. The fourth-order valence-corrected chi connectivity index (χ4v) is 4.36. The minimum atomic E-state index is 0.177. The maximum absolute atomic E-state index is 10.7. The molecule has 0 aliphatic carbocycles. The normalized spacial score (nSPS) is 18.8. The van der Waals surface area contributed by atoms with Crippen molar-refractivity contribution in [1.82, 2.24) is 30.3 Å². The lowest BCUT2D eigenvalue weighted by atomic mass is 10.0. The molecule has 1 aromatic carbocycles. The highest BCUT2D eigenvalue weighted by Gasteiger charge is 2.24. The lowest BCUT2D eigenvalue weighted by Crippen LogP contribution is -2.53. The number of phenolic OH excluding ortho intramolecular Hbond substituents is 1. The third-order valence-electron chi connectivity index (χ3n) is 6.16. The first-order chi connectivity index (χ1) is 14.6. The predicted octanol–water partition coefficient (Wildman–Crippen LogP) is 2.49. The zero-order valence-corrected chi connectivity index (χ0v) is 17.4. The molecule has 0 unspecified atom stereocenters. The quantitative estimate of drug-likeness (QED) is 0.689. The summed E-state index contributed by atoms with van der Waals surface area (Å²) in [6.07, 6.45) is 5.73. The molecular weight excluding hydrogens is 378 g/mol. The van der Waals surface area contributed by atoms with Gasteiger partial charge in [-0.25, -0.2) is 4.98 Å². The second-order valence-corrected chi connectivity index (χ2v) is 8.46. The average Bonchev–Trinajstić information content (AvgIpc) is 3.38. The maximum atomic E-state index is 10.7. The summed E-state index contributed by atoms with van der Waals surface area (Å²) >= 11 is 0. The van der Waals surface area contributed by atoms with Crippen molar-refractivity contribution >= 4 is 5.95 Å². The Labute approximate surface area is 176 Å². The van der Waals surface area contributed by atoms with Gasteiger partial charge in [-0.2, -0.15) is 5.10 Å². The Kier molecular flexibility index (Phi) is 4.86. The summed E-state index contributed by atoms with van der Waals surface area (Å²) in [5.74, 6) is 1.36. The van der Waals surface area contributed by atoms with Gasteiger partial charge in [0.2, 0.25) is 5.95 Å². The molecule has 0 spiro atoms. The topological polar surface area (TPSA) is 92.0 Å². The number of phenols is 1. The second-order valence-electron chi connectivity index (χ2n) is 8.46. The van der Waals surface area contributed by atoms with Crippen LogP contribution >= 0.6 is 0 Å². The number of aryl methyl sites for hydroxylation is 1. The minimum absolute atomic E-state index is 0.177. The Morgan fingerprint density at radius 2 is 2.03 bits per heavy atom. The van der Waals surface area contributed by atoms with Gasteiger partial charge in [-0.05, 0) is 36.5 Å². The van der Waals surface area contributed by atoms with E-state index in [0.717, 1.165) is 50.1 Å². The van der Waals surface area contributed by atoms with Gasteiger partial charge >= 0.3 is 0 Å². The molecule has 1 atom stereocenters. The summed E-state index contributed by atoms with van der Waals surface area (Å²) in [5, 5.41) is 27.4. The summed E-state index contributed by atoms with van der Waals surface area (Å²) in [4.78, 5) is 6.70. The first-order valence-electron chi connectivity index (χ1n) is 10.7. The van der Waals surface area contributed by atoms with Crippen LogP contribution in [0.3, 0.4) is 0 Å². The van der Waals surface area contributed by atoms with Crippen molar-refractivity contribution in [2.75, 3.05) is 24.5 Å². The summed E-state index contributed by atoms with van der Waals surface area (Å²) in [7, 11) is 0. The molecule has 1 saturated heterocycles. The molecule has 8 nitrogen and oxygen atoms in total. The van der Waals surface area contributed by atoms with Crippen molar-refractivity contribution < 1.29 is 5.11 Å². The molecule has 30 heavy (non-hydrogen) atoms. The van der Waals surface area contributed by atoms with Crippen molar-refractivity contribution in [2.45, 2.75) is 39.3 Å². The molecule has 0 bridgehead atoms. The van der Waals surface area contributed by atoms with E-state index in [0.29, 0.717) is 29.2 Å². The number of aromatic hydroxyl groups is 1. The van der Waals surface area contributed by atoms with Gasteiger partial charge in [-0.1, -0.05) is 19.9 Å². The fourth-order valence-electron chi connectivity index (χ4n) is 4.36. The van der Waals surface area contributed by atoms with Crippen molar-refractivity contribution in [3.8, 4) is 28.1 Å². The van der Waals surface area contributed by atoms with E-state index in [9.17, 15) is 5.11 Å². The Bertz CT molecular complexity index is 1040. The van der Waals surface area contributed by atoms with Gasteiger partial charge in [0.15, 0.2) is 0 Å². The third-order valence-corrected chi connectivity index (χ3v) is 6.16. The molecule has 8 heteroatoms. The fraction of sp³-hybridized carbons (Fsp3) is 0.455. The molecule has 2 aliphatic heterocycles. The molecule has 3 aromatic rings. The molecule has 1 fully saturated rings. The van der Waals surface area contributed by atoms with Crippen molar-refractivity contribution in [3.63, 3.8) is 0 Å². The lowest BCUT2D eigenvalue weighted by Gasteiger charge is -2.35. The zero-order chi connectivity index (χ0) is 20.7. The zero-order valence-electron chi connectivity index (χ0n) is 17.4. The number of piperazine rings is 1. The first kappa shape index (κ1) is 19.0. The number of hydrogen-bond acceptors (Lipinski definition) is 7. The molecule has 2 aromatic heterocycles. The van der Waals surface area contributed by atoms with Crippen LogP contribution in [0.2, 0.25) is 0 Å². The highest BCUT2D eigenvalue weighted by Crippen LogP contribution is 2.35. The van der Waals surface area contributed by atoms with Gasteiger partial charge in [0.25, 0.3) is 0 Å². The van der Waals surface area contributed by atoms with Crippen LogP contribution in [0.4, 0.5) is 5.95 Å². The molecule has 2 N–H and O–H groups in total. The predicted molar refractivity (Wildman–Crippen MR) is 115 cm³/mol. The second kappa shape index (κ2) is 7.68. The first-order valence-corrected chi connectivity index (χ1v) is 10.7. The van der Waals surface area contributed by atoms with Crippen molar-refractivity contribution in [3.05, 3.63) is 36.3 Å². The molecule has 156 valence electrons. The van der Waals surface area contributed by atoms with Gasteiger partial charge < -0.3 is 15.3 Å². The maximum Gasteiger partial charge on any atom is 0.245 e. The van der Waals surface area contributed by atoms with E-state index in [-0.39, 0.29) is 5.75 Å². The van der Waals surface area contributed by atoms with Crippen LogP contribution in [-0.2, 0) is 13.0 Å². The largest absolute Gasteiger partial charge is 0.507 e. The lowest BCUT2D eigenvalue weighted by molar-refractivity contribution is 0.365. The Morgan fingerprint density at radius 1 is 1.13 bits per heavy atom. The van der Waals surface area contributed by atoms with E-state index in [4.69, 9.17) is 0 Å². The van der Waals surface area contributed by atoms with Crippen LogP contribution in [0.5, 0.6) is 5.75 Å². The van der Waals surface area contributed by atoms with Gasteiger partial charge in [-0.15, -0.1) is 10.2 Å². The van der Waals surface area contributed by atoms with Crippen LogP contribution in [0.25, 0.3) is 22.4 Å². The molecule has 0 saturated carbocycles. The number of aromatic nitrogens is 5. The third kappa shape index (κ3) is 3.41. The Balaban J connectivity index is 1.37. The van der Waals surface area contributed by atoms with Crippen LogP contribution < -0.4 is 10.2 Å². The Morgan fingerprint density at radius 3 is 2.80 bits per heavy atom. The molecule has 5 rings (SSSR count). The van der Waals surface area contributed by atoms with Gasteiger partial charge in [0.05, 0.1) is 12.4 Å². The van der Waals surface area contributed by atoms with E-state index in [1.54, 1.807) is 12.3 Å². The van der Waals surface area contributed by atoms with Crippen LogP contribution in [0, 0.1) is 5.92 Å². The highest BCUT2D eigenvalue weighted by atomic mass is 16.3. The SMILES string of the molecule is CC(C)[C@H]1CN(c2ncc(-c3ccc(-c4cnn5c4CCC5)cc3O)nn2)CCN1. The molecule has 0 amide bonds. The Hall–Kier alpha value is -3.00. The smallest absolute Gasteiger partial charge is 0.245 e. The highest BCUT2D eigenvalue weighted by molar-refractivity contribution is 5.75. The molecule has 0 radical (unpaired) electrons. The van der Waals surface area contributed by atoms with Crippen LogP contribution in [-0.4, -0.2) is 55.7 Å². The van der Waals surface area contributed by atoms with Gasteiger partial charge in [-0.3, -0.25) is 4.68 Å². The average molecular weight is 406 g/mol. The number of benzene rings is 1. The number of anilines is 1. The minimum Gasteiger partial charge on any atom is -0.507 e.